The Balaban J connectivity index is 0.000000561. The second-order valence-electron chi connectivity index (χ2n) is 2.86. The minimum atomic E-state index is -0.190. The number of likely N-dealkylation sites (tertiary alicyclic amines) is 1. The normalized spacial score (nSPS) is 29.8. The summed E-state index contributed by atoms with van der Waals surface area (Å²) in [5, 5.41) is 9.37. The van der Waals surface area contributed by atoms with Crippen LogP contribution in [0.3, 0.4) is 0 Å². The molecular weight excluding hydrogens is 154 g/mol. The number of aliphatic hydroxyl groups is 1. The highest BCUT2D eigenvalue weighted by Crippen LogP contribution is 2.15. The Labute approximate surface area is 75.3 Å². The van der Waals surface area contributed by atoms with Gasteiger partial charge >= 0.3 is 0 Å². The van der Waals surface area contributed by atoms with E-state index in [-0.39, 0.29) is 12.1 Å². The van der Waals surface area contributed by atoms with Gasteiger partial charge in [0.2, 0.25) is 0 Å². The first-order chi connectivity index (χ1) is 5.75. The largest absolute Gasteiger partial charge is 0.391 e. The zero-order valence-electron chi connectivity index (χ0n) is 8.58. The summed E-state index contributed by atoms with van der Waals surface area (Å²) in [7, 11) is 3.68. The molecule has 0 bridgehead atoms. The van der Waals surface area contributed by atoms with Gasteiger partial charge in [-0.2, -0.15) is 0 Å². The van der Waals surface area contributed by atoms with Gasteiger partial charge in [-0.05, 0) is 13.5 Å². The lowest BCUT2D eigenvalue weighted by atomic mass is 10.2. The van der Waals surface area contributed by atoms with Crippen LogP contribution < -0.4 is 0 Å². The number of hydrogen-bond acceptors (Lipinski definition) is 3. The van der Waals surface area contributed by atoms with Gasteiger partial charge in [-0.25, -0.2) is 0 Å². The monoisotopic (exact) mass is 175 g/mol. The molecule has 0 aliphatic carbocycles. The Morgan fingerprint density at radius 2 is 2.08 bits per heavy atom. The summed E-state index contributed by atoms with van der Waals surface area (Å²) < 4.78 is 4.96. The molecule has 3 heteroatoms. The third kappa shape index (κ3) is 3.09. The van der Waals surface area contributed by atoms with Crippen molar-refractivity contribution in [1.82, 2.24) is 4.90 Å². The van der Waals surface area contributed by atoms with Crippen LogP contribution in [0.15, 0.2) is 0 Å². The van der Waals surface area contributed by atoms with Crippen molar-refractivity contribution in [1.29, 1.82) is 0 Å². The van der Waals surface area contributed by atoms with Gasteiger partial charge in [0, 0.05) is 13.7 Å². The van der Waals surface area contributed by atoms with E-state index in [4.69, 9.17) is 4.74 Å². The van der Waals surface area contributed by atoms with Gasteiger partial charge in [-0.1, -0.05) is 13.8 Å². The standard InChI is InChI=1S/C7H15NO2.C2H6/c1-8-4-3-7(9)6(8)5-10-2;1-2/h6-7,9H,3-5H2,1-2H3;1-2H3. The fraction of sp³-hybridized carbons (Fsp3) is 1.00. The molecule has 12 heavy (non-hydrogen) atoms. The molecule has 1 saturated heterocycles. The Morgan fingerprint density at radius 1 is 1.50 bits per heavy atom. The van der Waals surface area contributed by atoms with Crippen LogP contribution >= 0.6 is 0 Å². The van der Waals surface area contributed by atoms with Crippen molar-refractivity contribution in [2.24, 2.45) is 0 Å². The van der Waals surface area contributed by atoms with Gasteiger partial charge in [-0.3, -0.25) is 4.90 Å². The number of nitrogens with zero attached hydrogens (tertiary/aromatic N) is 1. The number of ether oxygens (including phenoxy) is 1. The van der Waals surface area contributed by atoms with E-state index in [9.17, 15) is 5.11 Å². The smallest absolute Gasteiger partial charge is 0.0729 e. The molecule has 1 N–H and O–H groups in total. The number of likely N-dealkylation sites (N-methyl/N-ethyl adjacent to an activating group) is 1. The number of rotatable bonds is 2. The van der Waals surface area contributed by atoms with E-state index in [2.05, 4.69) is 4.90 Å². The van der Waals surface area contributed by atoms with Gasteiger partial charge in [0.25, 0.3) is 0 Å². The summed E-state index contributed by atoms with van der Waals surface area (Å²) in [6.07, 6.45) is 0.690. The molecule has 0 saturated carbocycles. The molecule has 0 radical (unpaired) electrons. The summed E-state index contributed by atoms with van der Waals surface area (Å²) in [6.45, 7) is 5.62. The third-order valence-corrected chi connectivity index (χ3v) is 2.13. The number of methoxy groups -OCH3 is 1. The summed E-state index contributed by atoms with van der Waals surface area (Å²) in [5.74, 6) is 0. The average molecular weight is 175 g/mol. The predicted octanol–water partition coefficient (Wildman–Crippen LogP) is 0.724. The lowest BCUT2D eigenvalue weighted by molar-refractivity contribution is 0.0602. The van der Waals surface area contributed by atoms with Crippen LogP contribution in [0.1, 0.15) is 20.3 Å². The lowest BCUT2D eigenvalue weighted by Crippen LogP contribution is -2.36. The summed E-state index contributed by atoms with van der Waals surface area (Å²) >= 11 is 0. The topological polar surface area (TPSA) is 32.7 Å². The fourth-order valence-electron chi connectivity index (χ4n) is 1.40. The first-order valence-electron chi connectivity index (χ1n) is 4.63. The highest BCUT2D eigenvalue weighted by atomic mass is 16.5. The van der Waals surface area contributed by atoms with Crippen molar-refractivity contribution in [3.63, 3.8) is 0 Å². The molecule has 3 nitrogen and oxygen atoms in total. The fourth-order valence-corrected chi connectivity index (χ4v) is 1.40. The number of aliphatic hydroxyl groups excluding tert-OH is 1. The zero-order chi connectivity index (χ0) is 9.56. The van der Waals surface area contributed by atoms with Crippen LogP contribution in [0, 0.1) is 0 Å². The van der Waals surface area contributed by atoms with Gasteiger partial charge in [-0.15, -0.1) is 0 Å². The first kappa shape index (κ1) is 11.9. The van der Waals surface area contributed by atoms with Crippen LogP contribution in [-0.4, -0.2) is 49.5 Å². The van der Waals surface area contributed by atoms with Gasteiger partial charge in [0.05, 0.1) is 18.8 Å². The van der Waals surface area contributed by atoms with E-state index in [1.54, 1.807) is 7.11 Å². The molecule has 0 spiro atoms. The average Bonchev–Trinajstić information content (AvgIpc) is 2.40. The van der Waals surface area contributed by atoms with Crippen molar-refractivity contribution in [3.8, 4) is 0 Å². The van der Waals surface area contributed by atoms with Crippen molar-refractivity contribution in [2.45, 2.75) is 32.4 Å². The van der Waals surface area contributed by atoms with Crippen LogP contribution in [0.2, 0.25) is 0 Å². The molecule has 0 aromatic carbocycles. The molecule has 1 aliphatic rings. The summed E-state index contributed by atoms with van der Waals surface area (Å²) in [5.41, 5.74) is 0. The maximum atomic E-state index is 9.37. The molecule has 0 amide bonds. The predicted molar refractivity (Wildman–Crippen MR) is 50.3 cm³/mol. The molecule has 2 atom stereocenters. The van der Waals surface area contributed by atoms with Crippen LogP contribution in [-0.2, 0) is 4.74 Å². The minimum absolute atomic E-state index is 0.190. The molecule has 74 valence electrons. The molecule has 1 aliphatic heterocycles. The van der Waals surface area contributed by atoms with E-state index in [0.29, 0.717) is 6.61 Å². The van der Waals surface area contributed by atoms with E-state index >= 15 is 0 Å². The molecule has 0 aromatic rings. The van der Waals surface area contributed by atoms with Crippen LogP contribution in [0.4, 0.5) is 0 Å². The molecule has 1 fully saturated rings. The molecular formula is C9H21NO2. The van der Waals surface area contributed by atoms with Crippen LogP contribution in [0.5, 0.6) is 0 Å². The minimum Gasteiger partial charge on any atom is -0.391 e. The van der Waals surface area contributed by atoms with E-state index in [1.807, 2.05) is 20.9 Å². The third-order valence-electron chi connectivity index (χ3n) is 2.13. The van der Waals surface area contributed by atoms with Crippen molar-refractivity contribution in [2.75, 3.05) is 27.3 Å². The van der Waals surface area contributed by atoms with Gasteiger partial charge in [0.1, 0.15) is 0 Å². The molecule has 0 aromatic heterocycles. The number of hydrogen-bond donors (Lipinski definition) is 1. The first-order valence-corrected chi connectivity index (χ1v) is 4.63. The summed E-state index contributed by atoms with van der Waals surface area (Å²) in [6, 6.07) is 0.213. The Hall–Kier alpha value is -0.120. The lowest BCUT2D eigenvalue weighted by Gasteiger charge is -2.20. The maximum absolute atomic E-state index is 9.37. The van der Waals surface area contributed by atoms with Crippen LogP contribution in [0.25, 0.3) is 0 Å². The van der Waals surface area contributed by atoms with Gasteiger partial charge < -0.3 is 9.84 Å². The highest BCUT2D eigenvalue weighted by molar-refractivity contribution is 4.84. The van der Waals surface area contributed by atoms with E-state index in [1.165, 1.54) is 0 Å². The molecule has 1 rings (SSSR count). The van der Waals surface area contributed by atoms with Gasteiger partial charge in [0.15, 0.2) is 0 Å². The maximum Gasteiger partial charge on any atom is 0.0729 e. The quantitative estimate of drug-likeness (QED) is 0.671. The van der Waals surface area contributed by atoms with Crippen molar-refractivity contribution >= 4 is 0 Å². The Bertz CT molecular complexity index is 98.7. The zero-order valence-corrected chi connectivity index (χ0v) is 8.58. The van der Waals surface area contributed by atoms with E-state index in [0.717, 1.165) is 13.0 Å². The molecule has 1 heterocycles. The Morgan fingerprint density at radius 3 is 2.42 bits per heavy atom. The van der Waals surface area contributed by atoms with Crippen molar-refractivity contribution < 1.29 is 9.84 Å². The second kappa shape index (κ2) is 6.40. The Kier molecular flexibility index (Phi) is 6.34. The SMILES string of the molecule is CC.COCC1C(O)CCN1C. The highest BCUT2D eigenvalue weighted by Gasteiger charge is 2.29. The van der Waals surface area contributed by atoms with E-state index < -0.39 is 0 Å². The van der Waals surface area contributed by atoms with Crippen molar-refractivity contribution in [3.05, 3.63) is 0 Å². The summed E-state index contributed by atoms with van der Waals surface area (Å²) in [4.78, 5) is 2.13. The second-order valence-corrected chi connectivity index (χ2v) is 2.86. The molecule has 2 unspecified atom stereocenters.